The summed E-state index contributed by atoms with van der Waals surface area (Å²) in [5, 5.41) is 0. The van der Waals surface area contributed by atoms with Gasteiger partial charge in [-0.3, -0.25) is 14.4 Å². The maximum atomic E-state index is 12.9. The molecule has 0 aromatic rings. The SMILES string of the molecule is CC/C=C\C/C=C\C/C=C\C/C=C\C/C=C\C/C=C\C/C=C\CCCCCCCCCCCCCC(=O)OCC(COC(=O)CCCCCCCCCCCCC)OC(=O)CCCCCCCC/C=C\C/C=C\C/C=C\C/C=C\CC. The average molecular weight is 1120 g/mol. The van der Waals surface area contributed by atoms with E-state index in [1.165, 1.54) is 122 Å². The van der Waals surface area contributed by atoms with Gasteiger partial charge in [0.2, 0.25) is 0 Å². The lowest BCUT2D eigenvalue weighted by molar-refractivity contribution is -0.167. The average Bonchev–Trinajstić information content (AvgIpc) is 3.47. The summed E-state index contributed by atoms with van der Waals surface area (Å²) < 4.78 is 16.9. The molecular weight excluding hydrogens is 997 g/mol. The second-order valence-corrected chi connectivity index (χ2v) is 22.0. The third kappa shape index (κ3) is 66.2. The van der Waals surface area contributed by atoms with Gasteiger partial charge in [0.25, 0.3) is 0 Å². The number of unbranched alkanes of at least 4 members (excludes halogenated alkanes) is 27. The van der Waals surface area contributed by atoms with Crippen LogP contribution in [0.25, 0.3) is 0 Å². The Bertz CT molecular complexity index is 1720. The number of hydrogen-bond acceptors (Lipinski definition) is 6. The number of carbonyl (C=O) groups is 3. The normalized spacial score (nSPS) is 13.0. The van der Waals surface area contributed by atoms with Crippen LogP contribution in [0.1, 0.15) is 303 Å². The Hall–Kier alpha value is -4.45. The van der Waals surface area contributed by atoms with Crippen molar-refractivity contribution in [3.63, 3.8) is 0 Å². The van der Waals surface area contributed by atoms with Gasteiger partial charge in [0.05, 0.1) is 0 Å². The Balaban J connectivity index is 4.24. The largest absolute Gasteiger partial charge is 0.462 e. The first-order valence-corrected chi connectivity index (χ1v) is 33.7. The lowest BCUT2D eigenvalue weighted by atomic mass is 10.0. The van der Waals surface area contributed by atoms with Gasteiger partial charge >= 0.3 is 17.9 Å². The van der Waals surface area contributed by atoms with E-state index in [0.717, 1.165) is 141 Å². The van der Waals surface area contributed by atoms with Gasteiger partial charge in [-0.2, -0.15) is 0 Å². The highest BCUT2D eigenvalue weighted by atomic mass is 16.6. The fourth-order valence-electron chi connectivity index (χ4n) is 9.18. The van der Waals surface area contributed by atoms with Gasteiger partial charge in [0, 0.05) is 19.3 Å². The molecule has 0 radical (unpaired) electrons. The zero-order chi connectivity index (χ0) is 58.5. The van der Waals surface area contributed by atoms with Crippen molar-refractivity contribution in [3.8, 4) is 0 Å². The minimum Gasteiger partial charge on any atom is -0.462 e. The van der Waals surface area contributed by atoms with Crippen LogP contribution >= 0.6 is 0 Å². The van der Waals surface area contributed by atoms with Crippen molar-refractivity contribution in [2.24, 2.45) is 0 Å². The number of hydrogen-bond donors (Lipinski definition) is 0. The van der Waals surface area contributed by atoms with Crippen molar-refractivity contribution >= 4 is 17.9 Å². The zero-order valence-corrected chi connectivity index (χ0v) is 52.8. The molecule has 0 aliphatic heterocycles. The zero-order valence-electron chi connectivity index (χ0n) is 52.8. The number of carbonyl (C=O) groups excluding carboxylic acids is 3. The van der Waals surface area contributed by atoms with Crippen molar-refractivity contribution in [3.05, 3.63) is 134 Å². The summed E-state index contributed by atoms with van der Waals surface area (Å²) in [4.78, 5) is 38.3. The number of ether oxygens (including phenoxy) is 3. The third-order valence-electron chi connectivity index (χ3n) is 14.2. The van der Waals surface area contributed by atoms with Crippen LogP contribution < -0.4 is 0 Å². The number of allylic oxidation sites excluding steroid dienone is 22. The van der Waals surface area contributed by atoms with Crippen LogP contribution in [0, 0.1) is 0 Å². The molecular formula is C75H124O6. The molecule has 1 atom stereocenters. The fourth-order valence-corrected chi connectivity index (χ4v) is 9.18. The van der Waals surface area contributed by atoms with E-state index in [4.69, 9.17) is 14.2 Å². The lowest BCUT2D eigenvalue weighted by Gasteiger charge is -2.18. The van der Waals surface area contributed by atoms with Crippen molar-refractivity contribution in [2.75, 3.05) is 13.2 Å². The lowest BCUT2D eigenvalue weighted by Crippen LogP contribution is -2.30. The Morgan fingerprint density at radius 1 is 0.259 bits per heavy atom. The predicted molar refractivity (Wildman–Crippen MR) is 353 cm³/mol. The minimum atomic E-state index is -0.789. The predicted octanol–water partition coefficient (Wildman–Crippen LogP) is 23.3. The highest BCUT2D eigenvalue weighted by molar-refractivity contribution is 5.71. The third-order valence-corrected chi connectivity index (χ3v) is 14.2. The molecule has 0 aromatic carbocycles. The van der Waals surface area contributed by atoms with E-state index in [0.29, 0.717) is 19.3 Å². The van der Waals surface area contributed by atoms with Crippen LogP contribution in [-0.4, -0.2) is 37.2 Å². The molecule has 460 valence electrons. The Kier molecular flexibility index (Phi) is 64.3. The first-order valence-electron chi connectivity index (χ1n) is 33.7. The van der Waals surface area contributed by atoms with Crippen molar-refractivity contribution in [1.82, 2.24) is 0 Å². The summed E-state index contributed by atoms with van der Waals surface area (Å²) in [6.07, 6.45) is 96.1. The van der Waals surface area contributed by atoms with Crippen molar-refractivity contribution < 1.29 is 28.6 Å². The summed E-state index contributed by atoms with van der Waals surface area (Å²) >= 11 is 0. The smallest absolute Gasteiger partial charge is 0.306 e. The molecule has 0 N–H and O–H groups in total. The molecule has 0 spiro atoms. The Morgan fingerprint density at radius 3 is 0.753 bits per heavy atom. The molecule has 6 heteroatoms. The molecule has 0 bridgehead atoms. The maximum Gasteiger partial charge on any atom is 0.306 e. The molecule has 1 unspecified atom stereocenters. The van der Waals surface area contributed by atoms with E-state index in [2.05, 4.69) is 154 Å². The summed E-state index contributed by atoms with van der Waals surface area (Å²) in [5.74, 6) is -0.897. The molecule has 0 saturated heterocycles. The van der Waals surface area contributed by atoms with Gasteiger partial charge < -0.3 is 14.2 Å². The Morgan fingerprint density at radius 2 is 0.481 bits per heavy atom. The van der Waals surface area contributed by atoms with Gasteiger partial charge in [-0.25, -0.2) is 0 Å². The molecule has 0 aliphatic rings. The molecule has 0 aromatic heterocycles. The van der Waals surface area contributed by atoms with E-state index in [-0.39, 0.29) is 31.1 Å². The molecule has 81 heavy (non-hydrogen) atoms. The minimum absolute atomic E-state index is 0.0845. The molecule has 0 saturated carbocycles. The molecule has 0 fully saturated rings. The summed E-state index contributed by atoms with van der Waals surface area (Å²) in [6.45, 7) is 6.41. The molecule has 0 rings (SSSR count). The van der Waals surface area contributed by atoms with Crippen molar-refractivity contribution in [2.45, 2.75) is 309 Å². The molecule has 0 heterocycles. The number of rotatable bonds is 60. The van der Waals surface area contributed by atoms with Gasteiger partial charge in [0.15, 0.2) is 6.10 Å². The quantitative estimate of drug-likeness (QED) is 0.0261. The highest BCUT2D eigenvalue weighted by Crippen LogP contribution is 2.16. The second kappa shape index (κ2) is 68.1. The van der Waals surface area contributed by atoms with Gasteiger partial charge in [-0.1, -0.05) is 302 Å². The first kappa shape index (κ1) is 76.5. The number of esters is 3. The standard InChI is InChI=1S/C75H124O6/c1-4-7-10-13-16-19-22-24-26-28-30-31-32-33-34-35-36-37-38-39-40-41-42-43-45-46-48-50-53-56-59-62-65-68-74(77)80-71-72(70-79-73(76)67-64-61-58-55-52-21-18-15-12-9-6-3)81-75(78)69-66-63-60-57-54-51-49-47-44-29-27-25-23-20-17-14-11-8-5-2/h7-8,10-11,16-17,19-20,24-27,30-31,33-34,36-37,39-40,44,47,72H,4-6,9,12-15,18,21-23,28-29,32,35,38,41-43,45-46,48-71H2,1-3H3/b10-7-,11-8-,19-16-,20-17-,26-24-,27-25-,31-30-,34-33-,37-36-,40-39-,47-44-. The molecule has 6 nitrogen and oxygen atoms in total. The Labute approximate surface area is 500 Å². The van der Waals surface area contributed by atoms with Gasteiger partial charge in [-0.05, 0) is 116 Å². The maximum absolute atomic E-state index is 12.9. The first-order chi connectivity index (χ1) is 40.0. The topological polar surface area (TPSA) is 78.9 Å². The van der Waals surface area contributed by atoms with Crippen molar-refractivity contribution in [1.29, 1.82) is 0 Å². The molecule has 0 aliphatic carbocycles. The van der Waals surface area contributed by atoms with Gasteiger partial charge in [0.1, 0.15) is 13.2 Å². The van der Waals surface area contributed by atoms with Crippen LogP contribution in [-0.2, 0) is 28.6 Å². The van der Waals surface area contributed by atoms with Crippen LogP contribution in [0.4, 0.5) is 0 Å². The summed E-state index contributed by atoms with van der Waals surface area (Å²) in [5.41, 5.74) is 0. The van der Waals surface area contributed by atoms with Crippen LogP contribution in [0.2, 0.25) is 0 Å². The van der Waals surface area contributed by atoms with Gasteiger partial charge in [-0.15, -0.1) is 0 Å². The summed E-state index contributed by atoms with van der Waals surface area (Å²) in [6, 6.07) is 0. The van der Waals surface area contributed by atoms with E-state index < -0.39 is 6.10 Å². The van der Waals surface area contributed by atoms with Crippen LogP contribution in [0.5, 0.6) is 0 Å². The second-order valence-electron chi connectivity index (χ2n) is 22.0. The monoisotopic (exact) mass is 1120 g/mol. The van der Waals surface area contributed by atoms with Crippen LogP contribution in [0.15, 0.2) is 134 Å². The van der Waals surface area contributed by atoms with E-state index >= 15 is 0 Å². The molecule has 0 amide bonds. The van der Waals surface area contributed by atoms with Crippen LogP contribution in [0.3, 0.4) is 0 Å². The van der Waals surface area contributed by atoms with E-state index in [1.807, 2.05) is 0 Å². The highest BCUT2D eigenvalue weighted by Gasteiger charge is 2.19. The summed E-state index contributed by atoms with van der Waals surface area (Å²) in [7, 11) is 0. The van der Waals surface area contributed by atoms with E-state index in [1.54, 1.807) is 0 Å². The van der Waals surface area contributed by atoms with E-state index in [9.17, 15) is 14.4 Å². The fraction of sp³-hybridized carbons (Fsp3) is 0.667.